The first-order valence-corrected chi connectivity index (χ1v) is 10.5. The number of phosphoric ester groups is 1. The summed E-state index contributed by atoms with van der Waals surface area (Å²) in [6, 6.07) is 3.69. The average molecular weight is 433 g/mol. The number of aromatic hydroxyl groups is 1. The zero-order valence-corrected chi connectivity index (χ0v) is 18.9. The Bertz CT molecular complexity index is 719. The number of ether oxygens (including phenoxy) is 2. The van der Waals surface area contributed by atoms with Gasteiger partial charge in [-0.05, 0) is 65.7 Å². The van der Waals surface area contributed by atoms with E-state index in [-0.39, 0.29) is 17.9 Å². The van der Waals surface area contributed by atoms with E-state index in [0.29, 0.717) is 5.56 Å². The maximum Gasteiger partial charge on any atom is 0.478 e. The van der Waals surface area contributed by atoms with E-state index in [1.165, 1.54) is 19.2 Å². The Kier molecular flexibility index (Phi) is 8.68. The molecule has 0 saturated carbocycles. The minimum atomic E-state index is -3.93. The summed E-state index contributed by atoms with van der Waals surface area (Å²) >= 11 is 0. The van der Waals surface area contributed by atoms with Crippen LogP contribution in [0.25, 0.3) is 0 Å². The van der Waals surface area contributed by atoms with Gasteiger partial charge in [-0.3, -0.25) is 13.8 Å². The lowest BCUT2D eigenvalue weighted by Crippen LogP contribution is -2.33. The fraction of sp³-hybridized carbons (Fsp3) is 0.632. The van der Waals surface area contributed by atoms with Crippen molar-refractivity contribution >= 4 is 13.8 Å². The molecule has 0 amide bonds. The van der Waals surface area contributed by atoms with Crippen LogP contribution in [0.3, 0.4) is 0 Å². The van der Waals surface area contributed by atoms with Crippen molar-refractivity contribution in [2.75, 3.05) is 13.9 Å². The normalized spacial score (nSPS) is 13.8. The van der Waals surface area contributed by atoms with Crippen LogP contribution in [0.4, 0.5) is 0 Å². The molecule has 0 aromatic heterocycles. The van der Waals surface area contributed by atoms with E-state index in [4.69, 9.17) is 24.0 Å². The number of methoxy groups -OCH3 is 1. The molecule has 1 atom stereocenters. The van der Waals surface area contributed by atoms with Crippen LogP contribution in [0, 0.1) is 0 Å². The van der Waals surface area contributed by atoms with Crippen molar-refractivity contribution in [1.82, 2.24) is 0 Å². The Morgan fingerprint density at radius 1 is 1.14 bits per heavy atom. The summed E-state index contributed by atoms with van der Waals surface area (Å²) in [6.45, 7) is 9.86. The predicted molar refractivity (Wildman–Crippen MR) is 108 cm³/mol. The van der Waals surface area contributed by atoms with E-state index >= 15 is 0 Å². The number of benzene rings is 1. The molecule has 0 radical (unpaired) electrons. The number of phosphoric acid groups is 1. The minimum Gasteiger partial charge on any atom is -0.504 e. The molecule has 9 nitrogen and oxygen atoms in total. The number of hydrogen-bond donors (Lipinski definition) is 2. The highest BCUT2D eigenvalue weighted by atomic mass is 31.2. The lowest BCUT2D eigenvalue weighted by molar-refractivity contribution is -0.142. The van der Waals surface area contributed by atoms with Crippen LogP contribution in [0.1, 0.15) is 47.1 Å². The van der Waals surface area contributed by atoms with Crippen LogP contribution < -0.4 is 10.5 Å². The maximum atomic E-state index is 12.9. The molecule has 166 valence electrons. The summed E-state index contributed by atoms with van der Waals surface area (Å²) in [5, 5.41) is 10.1. The molecule has 0 saturated heterocycles. The highest BCUT2D eigenvalue weighted by Crippen LogP contribution is 2.55. The van der Waals surface area contributed by atoms with Crippen molar-refractivity contribution < 1.29 is 37.5 Å². The van der Waals surface area contributed by atoms with Crippen molar-refractivity contribution in [1.29, 1.82) is 0 Å². The van der Waals surface area contributed by atoms with Crippen molar-refractivity contribution in [2.45, 2.75) is 65.2 Å². The number of rotatable bonds is 9. The first-order valence-electron chi connectivity index (χ1n) is 9.08. The van der Waals surface area contributed by atoms with E-state index in [0.717, 1.165) is 0 Å². The number of carbonyl (C=O) groups excluding carboxylic acids is 1. The topological polar surface area (TPSA) is 127 Å². The van der Waals surface area contributed by atoms with Crippen LogP contribution >= 0.6 is 7.82 Å². The Morgan fingerprint density at radius 2 is 1.69 bits per heavy atom. The van der Waals surface area contributed by atoms with Gasteiger partial charge in [0.15, 0.2) is 11.5 Å². The van der Waals surface area contributed by atoms with Gasteiger partial charge in [0.1, 0.15) is 6.04 Å². The fourth-order valence-electron chi connectivity index (χ4n) is 2.20. The predicted octanol–water partition coefficient (Wildman–Crippen LogP) is 3.53. The fourth-order valence-corrected chi connectivity index (χ4v) is 3.86. The van der Waals surface area contributed by atoms with Gasteiger partial charge in [0.2, 0.25) is 6.79 Å². The average Bonchev–Trinajstić information content (AvgIpc) is 2.52. The van der Waals surface area contributed by atoms with Gasteiger partial charge in [-0.1, -0.05) is 6.07 Å². The molecular formula is C19H32NO8P. The molecule has 1 rings (SSSR count). The number of nitrogens with two attached hydrogens (primary N) is 1. The number of carbonyl (C=O) groups is 1. The molecule has 0 heterocycles. The van der Waals surface area contributed by atoms with E-state index in [1.54, 1.807) is 47.6 Å². The molecule has 0 unspecified atom stereocenters. The second-order valence-corrected chi connectivity index (χ2v) is 9.90. The summed E-state index contributed by atoms with van der Waals surface area (Å²) in [7, 11) is -2.68. The third-order valence-electron chi connectivity index (χ3n) is 3.18. The zero-order chi connectivity index (χ0) is 22.5. The van der Waals surface area contributed by atoms with Crippen LogP contribution in [-0.2, 0) is 34.1 Å². The third-order valence-corrected chi connectivity index (χ3v) is 5.14. The Balaban J connectivity index is 2.78. The van der Waals surface area contributed by atoms with Crippen molar-refractivity contribution in [3.63, 3.8) is 0 Å². The second-order valence-electron chi connectivity index (χ2n) is 8.38. The summed E-state index contributed by atoms with van der Waals surface area (Å²) < 4.78 is 39.1. The van der Waals surface area contributed by atoms with E-state index in [1.807, 2.05) is 0 Å². The van der Waals surface area contributed by atoms with E-state index < -0.39 is 37.8 Å². The van der Waals surface area contributed by atoms with Gasteiger partial charge >= 0.3 is 13.8 Å². The number of esters is 1. The molecule has 0 aliphatic rings. The molecule has 3 N–H and O–H groups in total. The van der Waals surface area contributed by atoms with Crippen LogP contribution in [0.15, 0.2) is 18.2 Å². The lowest BCUT2D eigenvalue weighted by atomic mass is 10.1. The molecule has 1 aromatic carbocycles. The third kappa shape index (κ3) is 9.60. The van der Waals surface area contributed by atoms with Gasteiger partial charge in [-0.25, -0.2) is 9.09 Å². The standard InChI is InChI=1S/C19H32NO8P/c1-18(2,3)27-29(23,28-19(4,5)6)26-12-25-16-9-8-13(11-15(16)21)10-14(20)17(22)24-7/h8-9,11,14,21H,10,12,20H2,1-7H3/t14-/m0/s1. The van der Waals surface area contributed by atoms with Gasteiger partial charge in [0.05, 0.1) is 18.3 Å². The largest absolute Gasteiger partial charge is 0.504 e. The summed E-state index contributed by atoms with van der Waals surface area (Å²) in [4.78, 5) is 11.4. The quantitative estimate of drug-likeness (QED) is 0.341. The maximum absolute atomic E-state index is 12.9. The zero-order valence-electron chi connectivity index (χ0n) is 18.1. The molecule has 1 aromatic rings. The first kappa shape index (κ1) is 25.4. The first-order chi connectivity index (χ1) is 13.1. The molecule has 29 heavy (non-hydrogen) atoms. The molecular weight excluding hydrogens is 401 g/mol. The smallest absolute Gasteiger partial charge is 0.478 e. The second kappa shape index (κ2) is 9.91. The summed E-state index contributed by atoms with van der Waals surface area (Å²) in [5.74, 6) is -0.642. The molecule has 0 spiro atoms. The van der Waals surface area contributed by atoms with Gasteiger partial charge in [-0.15, -0.1) is 0 Å². The van der Waals surface area contributed by atoms with Crippen LogP contribution in [-0.4, -0.2) is 42.2 Å². The number of phenols is 1. The number of phenolic OH excluding ortho intramolecular Hbond substituents is 1. The van der Waals surface area contributed by atoms with Gasteiger partial charge in [-0.2, -0.15) is 0 Å². The Hall–Kier alpha value is -1.64. The van der Waals surface area contributed by atoms with Gasteiger partial charge in [0, 0.05) is 0 Å². The highest BCUT2D eigenvalue weighted by Gasteiger charge is 2.37. The van der Waals surface area contributed by atoms with Gasteiger partial charge < -0.3 is 20.3 Å². The highest BCUT2D eigenvalue weighted by molar-refractivity contribution is 7.48. The number of hydrogen-bond acceptors (Lipinski definition) is 9. The van der Waals surface area contributed by atoms with Crippen LogP contribution in [0.5, 0.6) is 11.5 Å². The lowest BCUT2D eigenvalue weighted by Gasteiger charge is -2.30. The summed E-state index contributed by atoms with van der Waals surface area (Å²) in [5.41, 5.74) is 4.78. The summed E-state index contributed by atoms with van der Waals surface area (Å²) in [6.07, 6.45) is 0.186. The molecule has 10 heteroatoms. The Labute approximate surface area is 172 Å². The van der Waals surface area contributed by atoms with Crippen molar-refractivity contribution in [3.8, 4) is 11.5 Å². The molecule has 0 bridgehead atoms. The monoisotopic (exact) mass is 433 g/mol. The van der Waals surface area contributed by atoms with Crippen molar-refractivity contribution in [2.24, 2.45) is 5.73 Å². The van der Waals surface area contributed by atoms with E-state index in [9.17, 15) is 14.5 Å². The SMILES string of the molecule is COC(=O)[C@@H](N)Cc1ccc(OCOP(=O)(OC(C)(C)C)OC(C)(C)C)c(O)c1. The molecule has 0 aliphatic heterocycles. The molecule has 0 fully saturated rings. The van der Waals surface area contributed by atoms with Crippen LogP contribution in [0.2, 0.25) is 0 Å². The van der Waals surface area contributed by atoms with E-state index in [2.05, 4.69) is 4.74 Å². The molecule has 0 aliphatic carbocycles. The Morgan fingerprint density at radius 3 is 2.14 bits per heavy atom. The van der Waals surface area contributed by atoms with Gasteiger partial charge in [0.25, 0.3) is 0 Å². The minimum absolute atomic E-state index is 0.0958. The van der Waals surface area contributed by atoms with Crippen molar-refractivity contribution in [3.05, 3.63) is 23.8 Å².